The first-order valence-electron chi connectivity index (χ1n) is 12.3. The third-order valence-electron chi connectivity index (χ3n) is 5.61. The van der Waals surface area contributed by atoms with Gasteiger partial charge in [-0.15, -0.1) is 0 Å². The Balaban J connectivity index is 3.50. The lowest BCUT2D eigenvalue weighted by molar-refractivity contribution is -0.145. The van der Waals surface area contributed by atoms with E-state index in [0.717, 1.165) is 6.42 Å². The number of hydrogen-bond acceptors (Lipinski definition) is 7. The van der Waals surface area contributed by atoms with Crippen LogP contribution >= 0.6 is 0 Å². The van der Waals surface area contributed by atoms with Gasteiger partial charge in [0, 0.05) is 12.1 Å². The molecule has 10 nitrogen and oxygen atoms in total. The number of hydrogen-bond donors (Lipinski definition) is 3. The monoisotopic (exact) mass is 507 g/mol. The molecule has 0 fully saturated rings. The van der Waals surface area contributed by atoms with Crippen molar-refractivity contribution in [2.24, 2.45) is 5.92 Å². The average molecular weight is 508 g/mol. The van der Waals surface area contributed by atoms with Gasteiger partial charge in [0.25, 0.3) is 0 Å². The Morgan fingerprint density at radius 1 is 1.11 bits per heavy atom. The number of carbonyl (C=O) groups excluding carboxylic acids is 4. The van der Waals surface area contributed by atoms with Crippen LogP contribution in [0.1, 0.15) is 72.4 Å². The molecule has 0 aliphatic carbocycles. The summed E-state index contributed by atoms with van der Waals surface area (Å²) in [6, 6.07) is 3.98. The number of carbonyl (C=O) groups is 4. The summed E-state index contributed by atoms with van der Waals surface area (Å²) in [5, 5.41) is 15.8. The molecule has 0 aliphatic rings. The number of phenols is 1. The number of aromatic hydroxyl groups is 1. The number of phenolic OH excluding ortho intramolecular Hbond substituents is 1. The first kappa shape index (κ1) is 30.7. The molecule has 0 aliphatic heterocycles. The number of unbranched alkanes of at least 4 members (excludes halogenated alkanes) is 1. The highest BCUT2D eigenvalue weighted by Crippen LogP contribution is 2.30. The Bertz CT molecular complexity index is 898. The lowest BCUT2D eigenvalue weighted by atomic mass is 9.95. The highest BCUT2D eigenvalue weighted by Gasteiger charge is 2.38. The lowest BCUT2D eigenvalue weighted by Crippen LogP contribution is -2.55. The first-order valence-corrected chi connectivity index (χ1v) is 12.3. The van der Waals surface area contributed by atoms with E-state index in [0.29, 0.717) is 12.8 Å². The van der Waals surface area contributed by atoms with Gasteiger partial charge in [-0.2, -0.15) is 0 Å². The van der Waals surface area contributed by atoms with E-state index >= 15 is 0 Å². The molecule has 1 aromatic rings. The van der Waals surface area contributed by atoms with E-state index in [-0.39, 0.29) is 23.8 Å². The Morgan fingerprint density at radius 3 is 2.28 bits per heavy atom. The van der Waals surface area contributed by atoms with Crippen LogP contribution in [-0.2, 0) is 23.9 Å². The standard InChI is InChI=1S/C26H41N3O7/c1-8-10-15-29(24(33)21(17(3)9-2)28-25(34)36-26(4,5)6)22(18-13-11-12-14-19(18)30)23(32)27-16-20(31)35-7/h11-14,17,21-22,30H,8-10,15-16H2,1-7H3,(H,27,32)(H,28,34). The van der Waals surface area contributed by atoms with Gasteiger partial charge in [-0.3, -0.25) is 14.4 Å². The predicted molar refractivity (Wildman–Crippen MR) is 135 cm³/mol. The summed E-state index contributed by atoms with van der Waals surface area (Å²) in [4.78, 5) is 52.9. The minimum absolute atomic E-state index is 0.176. The van der Waals surface area contributed by atoms with Crippen LogP contribution < -0.4 is 10.6 Å². The average Bonchev–Trinajstić information content (AvgIpc) is 2.82. The fourth-order valence-corrected chi connectivity index (χ4v) is 3.49. The van der Waals surface area contributed by atoms with Crippen molar-refractivity contribution < 1.29 is 33.8 Å². The molecule has 10 heteroatoms. The fourth-order valence-electron chi connectivity index (χ4n) is 3.49. The fraction of sp³-hybridized carbons (Fsp3) is 0.615. The van der Waals surface area contributed by atoms with Crippen LogP contribution in [0.4, 0.5) is 4.79 Å². The van der Waals surface area contributed by atoms with Crippen LogP contribution in [0.5, 0.6) is 5.75 Å². The summed E-state index contributed by atoms with van der Waals surface area (Å²) in [6.07, 6.45) is 1.13. The number of nitrogens with one attached hydrogen (secondary N) is 2. The number of nitrogens with zero attached hydrogens (tertiary/aromatic N) is 1. The number of methoxy groups -OCH3 is 1. The number of esters is 1. The summed E-state index contributed by atoms with van der Waals surface area (Å²) in [6.45, 7) is 10.6. The van der Waals surface area contributed by atoms with Crippen LogP contribution in [0, 0.1) is 5.92 Å². The van der Waals surface area contributed by atoms with Gasteiger partial charge in [0.2, 0.25) is 11.8 Å². The van der Waals surface area contributed by atoms with E-state index in [1.165, 1.54) is 18.1 Å². The van der Waals surface area contributed by atoms with E-state index in [9.17, 15) is 24.3 Å². The van der Waals surface area contributed by atoms with Gasteiger partial charge in [-0.25, -0.2) is 4.79 Å². The Hall–Kier alpha value is -3.30. The van der Waals surface area contributed by atoms with Crippen LogP contribution in [-0.4, -0.2) is 65.7 Å². The number of benzene rings is 1. The Kier molecular flexibility index (Phi) is 12.2. The molecule has 1 rings (SSSR count). The summed E-state index contributed by atoms with van der Waals surface area (Å²) >= 11 is 0. The van der Waals surface area contributed by atoms with Crippen molar-refractivity contribution in [3.63, 3.8) is 0 Å². The number of amides is 3. The topological polar surface area (TPSA) is 134 Å². The smallest absolute Gasteiger partial charge is 0.408 e. The van der Waals surface area contributed by atoms with Crippen molar-refractivity contribution in [3.05, 3.63) is 29.8 Å². The molecule has 202 valence electrons. The molecule has 0 bridgehead atoms. The summed E-state index contributed by atoms with van der Waals surface area (Å²) in [5.74, 6) is -2.27. The van der Waals surface area contributed by atoms with E-state index in [1.807, 2.05) is 20.8 Å². The molecular formula is C26H41N3O7. The highest BCUT2D eigenvalue weighted by atomic mass is 16.6. The molecule has 0 spiro atoms. The van der Waals surface area contributed by atoms with Crippen LogP contribution in [0.3, 0.4) is 0 Å². The van der Waals surface area contributed by atoms with E-state index in [1.54, 1.807) is 39.0 Å². The van der Waals surface area contributed by atoms with Crippen LogP contribution in [0.15, 0.2) is 24.3 Å². The van der Waals surface area contributed by atoms with Gasteiger partial charge < -0.3 is 30.1 Å². The Morgan fingerprint density at radius 2 is 1.75 bits per heavy atom. The molecule has 0 aromatic heterocycles. The van der Waals surface area contributed by atoms with E-state index in [4.69, 9.17) is 4.74 Å². The van der Waals surface area contributed by atoms with E-state index in [2.05, 4.69) is 15.4 Å². The molecule has 3 amide bonds. The van der Waals surface area contributed by atoms with E-state index < -0.39 is 48.1 Å². The summed E-state index contributed by atoms with van der Waals surface area (Å²) in [7, 11) is 1.20. The molecule has 1 aromatic carbocycles. The van der Waals surface area contributed by atoms with Crippen LogP contribution in [0.25, 0.3) is 0 Å². The minimum Gasteiger partial charge on any atom is -0.508 e. The summed E-state index contributed by atoms with van der Waals surface area (Å²) < 4.78 is 9.98. The van der Waals surface area contributed by atoms with Gasteiger partial charge >= 0.3 is 12.1 Å². The number of para-hydroxylation sites is 1. The normalized spacial score (nSPS) is 13.6. The SMILES string of the molecule is CCCCN(C(=O)C(NC(=O)OC(C)(C)C)C(C)CC)C(C(=O)NCC(=O)OC)c1ccccc1O. The second-order valence-corrected chi connectivity index (χ2v) is 9.65. The van der Waals surface area contributed by atoms with Crippen LogP contribution in [0.2, 0.25) is 0 Å². The van der Waals surface area contributed by atoms with Crippen molar-refractivity contribution in [2.75, 3.05) is 20.2 Å². The number of alkyl carbamates (subject to hydrolysis) is 1. The van der Waals surface area contributed by atoms with Crippen molar-refractivity contribution in [1.82, 2.24) is 15.5 Å². The van der Waals surface area contributed by atoms with Gasteiger partial charge in [-0.1, -0.05) is 51.8 Å². The third-order valence-corrected chi connectivity index (χ3v) is 5.61. The lowest BCUT2D eigenvalue weighted by Gasteiger charge is -2.36. The molecule has 36 heavy (non-hydrogen) atoms. The maximum absolute atomic E-state index is 14.0. The van der Waals surface area contributed by atoms with Crippen molar-refractivity contribution >= 4 is 23.9 Å². The molecule has 0 heterocycles. The molecule has 0 radical (unpaired) electrons. The second kappa shape index (κ2) is 14.3. The maximum atomic E-state index is 14.0. The molecule has 0 saturated heterocycles. The van der Waals surface area contributed by atoms with Gasteiger partial charge in [-0.05, 0) is 39.2 Å². The molecule has 3 N–H and O–H groups in total. The number of rotatable bonds is 12. The van der Waals surface area contributed by atoms with Crippen molar-refractivity contribution in [1.29, 1.82) is 0 Å². The summed E-state index contributed by atoms with van der Waals surface area (Å²) in [5.41, 5.74) is -0.564. The zero-order valence-corrected chi connectivity index (χ0v) is 22.4. The zero-order valence-electron chi connectivity index (χ0n) is 22.4. The largest absolute Gasteiger partial charge is 0.508 e. The Labute approximate surface area is 213 Å². The highest BCUT2D eigenvalue weighted by molar-refractivity contribution is 5.93. The molecule has 0 saturated carbocycles. The quantitative estimate of drug-likeness (QED) is 0.370. The minimum atomic E-state index is -1.25. The molecule has 3 atom stereocenters. The van der Waals surface area contributed by atoms with Crippen molar-refractivity contribution in [2.45, 2.75) is 78.5 Å². The van der Waals surface area contributed by atoms with Gasteiger partial charge in [0.05, 0.1) is 7.11 Å². The number of ether oxygens (including phenoxy) is 2. The second-order valence-electron chi connectivity index (χ2n) is 9.65. The predicted octanol–water partition coefficient (Wildman–Crippen LogP) is 3.29. The zero-order chi connectivity index (χ0) is 27.5. The van der Waals surface area contributed by atoms with Gasteiger partial charge in [0.15, 0.2) is 0 Å². The third kappa shape index (κ3) is 9.39. The maximum Gasteiger partial charge on any atom is 0.408 e. The van der Waals surface area contributed by atoms with Gasteiger partial charge in [0.1, 0.15) is 30.0 Å². The molecular weight excluding hydrogens is 466 g/mol. The molecule has 3 unspecified atom stereocenters. The first-order chi connectivity index (χ1) is 16.9. The van der Waals surface area contributed by atoms with Crippen molar-refractivity contribution in [3.8, 4) is 5.75 Å².